The molecule has 1 aliphatic heterocycles. The number of hydrogen-bond acceptors (Lipinski definition) is 6. The summed E-state index contributed by atoms with van der Waals surface area (Å²) in [5.74, 6) is -0.0375. The monoisotopic (exact) mass is 410 g/mol. The van der Waals surface area contributed by atoms with Crippen LogP contribution in [0.2, 0.25) is 0 Å². The molecule has 3 aromatic heterocycles. The second-order valence-corrected chi connectivity index (χ2v) is 7.99. The lowest BCUT2D eigenvalue weighted by Crippen LogP contribution is -2.52. The Morgan fingerprint density at radius 1 is 1.42 bits per heavy atom. The average Bonchev–Trinajstić information content (AvgIpc) is 3.26. The Balaban J connectivity index is 0.00000196. The Morgan fingerprint density at radius 3 is 3.00 bits per heavy atom. The SMILES string of the molecule is CC1CN(C(=O)Cn2cnc3scc(-c4cccs4)c3c2=O)CCN1.Cl. The van der Waals surface area contributed by atoms with E-state index in [0.717, 1.165) is 17.0 Å². The first-order valence-corrected chi connectivity index (χ1v) is 9.91. The van der Waals surface area contributed by atoms with Crippen molar-refractivity contribution in [3.63, 3.8) is 0 Å². The third-order valence-corrected chi connectivity index (χ3v) is 6.16. The molecule has 0 radical (unpaired) electrons. The summed E-state index contributed by atoms with van der Waals surface area (Å²) in [4.78, 5) is 33.5. The van der Waals surface area contributed by atoms with Gasteiger partial charge in [-0.2, -0.15) is 0 Å². The van der Waals surface area contributed by atoms with Crippen molar-refractivity contribution in [2.45, 2.75) is 19.5 Å². The van der Waals surface area contributed by atoms with Gasteiger partial charge < -0.3 is 10.2 Å². The Labute approximate surface area is 164 Å². The van der Waals surface area contributed by atoms with E-state index < -0.39 is 0 Å². The van der Waals surface area contributed by atoms with E-state index in [9.17, 15) is 9.59 Å². The second kappa shape index (κ2) is 7.87. The number of carbonyl (C=O) groups excluding carboxylic acids is 1. The molecule has 0 bridgehead atoms. The first kappa shape index (κ1) is 19.0. The van der Waals surface area contributed by atoms with E-state index in [0.29, 0.717) is 23.3 Å². The molecule has 1 saturated heterocycles. The van der Waals surface area contributed by atoms with Crippen LogP contribution in [0, 0.1) is 0 Å². The maximum absolute atomic E-state index is 12.9. The lowest BCUT2D eigenvalue weighted by atomic mass is 10.2. The third kappa shape index (κ3) is 3.55. The minimum atomic E-state index is -0.147. The van der Waals surface area contributed by atoms with Crippen molar-refractivity contribution in [1.82, 2.24) is 19.8 Å². The molecule has 6 nitrogen and oxygen atoms in total. The van der Waals surface area contributed by atoms with Gasteiger partial charge in [-0.25, -0.2) is 4.98 Å². The molecule has 0 saturated carbocycles. The van der Waals surface area contributed by atoms with Crippen LogP contribution in [0.4, 0.5) is 0 Å². The highest BCUT2D eigenvalue weighted by molar-refractivity contribution is 7.18. The second-order valence-electron chi connectivity index (χ2n) is 6.18. The predicted octanol–water partition coefficient (Wildman–Crippen LogP) is 2.43. The van der Waals surface area contributed by atoms with Gasteiger partial charge in [0.05, 0.1) is 11.7 Å². The van der Waals surface area contributed by atoms with Gasteiger partial charge in [0.1, 0.15) is 11.4 Å². The highest BCUT2D eigenvalue weighted by Gasteiger charge is 2.22. The summed E-state index contributed by atoms with van der Waals surface area (Å²) in [5, 5.41) is 7.88. The maximum Gasteiger partial charge on any atom is 0.263 e. The molecule has 1 amide bonds. The molecule has 1 unspecified atom stereocenters. The number of aromatic nitrogens is 2. The molecule has 0 spiro atoms. The van der Waals surface area contributed by atoms with Crippen LogP contribution >= 0.6 is 35.1 Å². The lowest BCUT2D eigenvalue weighted by Gasteiger charge is -2.32. The quantitative estimate of drug-likeness (QED) is 0.720. The number of fused-ring (bicyclic) bond motifs is 1. The van der Waals surface area contributed by atoms with E-state index in [1.807, 2.05) is 27.8 Å². The fourth-order valence-electron chi connectivity index (χ4n) is 3.10. The number of amides is 1. The van der Waals surface area contributed by atoms with Gasteiger partial charge in [-0.05, 0) is 18.4 Å². The first-order valence-electron chi connectivity index (χ1n) is 8.15. The predicted molar refractivity (Wildman–Crippen MR) is 108 cm³/mol. The molecular weight excluding hydrogens is 392 g/mol. The smallest absolute Gasteiger partial charge is 0.263 e. The zero-order valence-electron chi connectivity index (χ0n) is 14.2. The van der Waals surface area contributed by atoms with Crippen LogP contribution in [0.15, 0.2) is 34.0 Å². The highest BCUT2D eigenvalue weighted by atomic mass is 35.5. The zero-order chi connectivity index (χ0) is 17.4. The molecule has 26 heavy (non-hydrogen) atoms. The number of carbonyl (C=O) groups is 1. The van der Waals surface area contributed by atoms with Crippen LogP contribution in [0.1, 0.15) is 6.92 Å². The van der Waals surface area contributed by atoms with Gasteiger partial charge >= 0.3 is 0 Å². The number of hydrogen-bond donors (Lipinski definition) is 1. The summed E-state index contributed by atoms with van der Waals surface area (Å²) in [6, 6.07) is 4.24. The number of nitrogens with zero attached hydrogens (tertiary/aromatic N) is 3. The van der Waals surface area contributed by atoms with E-state index in [1.165, 1.54) is 22.2 Å². The van der Waals surface area contributed by atoms with Crippen molar-refractivity contribution in [3.05, 3.63) is 39.6 Å². The summed E-state index contributed by atoms with van der Waals surface area (Å²) >= 11 is 3.06. The zero-order valence-corrected chi connectivity index (χ0v) is 16.6. The van der Waals surface area contributed by atoms with Crippen LogP contribution in [-0.4, -0.2) is 46.0 Å². The molecule has 1 aliphatic rings. The molecule has 9 heteroatoms. The lowest BCUT2D eigenvalue weighted by molar-refractivity contribution is -0.133. The van der Waals surface area contributed by atoms with Crippen LogP contribution in [-0.2, 0) is 11.3 Å². The molecule has 4 heterocycles. The van der Waals surface area contributed by atoms with Crippen molar-refractivity contribution in [3.8, 4) is 10.4 Å². The first-order chi connectivity index (χ1) is 12.1. The van der Waals surface area contributed by atoms with Gasteiger partial charge in [0.2, 0.25) is 5.91 Å². The largest absolute Gasteiger partial charge is 0.338 e. The number of piperazine rings is 1. The van der Waals surface area contributed by atoms with Gasteiger partial charge in [-0.15, -0.1) is 35.1 Å². The number of nitrogens with one attached hydrogen (secondary N) is 1. The normalized spacial score (nSPS) is 17.3. The molecule has 1 atom stereocenters. The molecule has 3 aromatic rings. The number of thiophene rings is 2. The van der Waals surface area contributed by atoms with Crippen molar-refractivity contribution < 1.29 is 4.79 Å². The van der Waals surface area contributed by atoms with E-state index in [4.69, 9.17) is 0 Å². The van der Waals surface area contributed by atoms with Crippen LogP contribution in [0.25, 0.3) is 20.7 Å². The van der Waals surface area contributed by atoms with Crippen LogP contribution in [0.5, 0.6) is 0 Å². The maximum atomic E-state index is 12.9. The Hall–Kier alpha value is -1.74. The van der Waals surface area contributed by atoms with Crippen molar-refractivity contribution in [2.75, 3.05) is 19.6 Å². The summed E-state index contributed by atoms with van der Waals surface area (Å²) in [6.07, 6.45) is 1.49. The Bertz CT molecular complexity index is 967. The summed E-state index contributed by atoms with van der Waals surface area (Å²) in [6.45, 7) is 4.22. The minimum absolute atomic E-state index is 0. The van der Waals surface area contributed by atoms with Gasteiger partial charge in [-0.3, -0.25) is 14.2 Å². The standard InChI is InChI=1S/C17H18N4O2S2.ClH/c1-11-7-20(5-4-18-11)14(22)8-21-10-19-16-15(17(21)23)12(9-25-16)13-3-2-6-24-13;/h2-3,6,9-11,18H,4-5,7-8H2,1H3;1H. The fraction of sp³-hybridized carbons (Fsp3) is 0.353. The average molecular weight is 411 g/mol. The molecule has 0 aliphatic carbocycles. The summed E-state index contributed by atoms with van der Waals surface area (Å²) in [5.41, 5.74) is 0.760. The molecule has 4 rings (SSSR count). The van der Waals surface area contributed by atoms with E-state index in [1.54, 1.807) is 11.3 Å². The van der Waals surface area contributed by atoms with Gasteiger partial charge in [0.15, 0.2) is 0 Å². The summed E-state index contributed by atoms with van der Waals surface area (Å²) < 4.78 is 1.43. The Kier molecular flexibility index (Phi) is 5.76. The molecule has 138 valence electrons. The van der Waals surface area contributed by atoms with Gasteiger partial charge in [0.25, 0.3) is 5.56 Å². The van der Waals surface area contributed by atoms with Crippen molar-refractivity contribution >= 4 is 51.2 Å². The van der Waals surface area contributed by atoms with E-state index >= 15 is 0 Å². The number of rotatable bonds is 3. The molecule has 1 N–H and O–H groups in total. The highest BCUT2D eigenvalue weighted by Crippen LogP contribution is 2.33. The van der Waals surface area contributed by atoms with Crippen LogP contribution < -0.4 is 10.9 Å². The van der Waals surface area contributed by atoms with Gasteiger partial charge in [-0.1, -0.05) is 6.07 Å². The fourth-order valence-corrected chi connectivity index (χ4v) is 4.82. The Morgan fingerprint density at radius 2 is 2.27 bits per heavy atom. The summed E-state index contributed by atoms with van der Waals surface area (Å²) in [7, 11) is 0. The van der Waals surface area contributed by atoms with E-state index in [-0.39, 0.29) is 36.5 Å². The molecule has 0 aromatic carbocycles. The topological polar surface area (TPSA) is 67.2 Å². The molecular formula is C17H19ClN4O2S2. The van der Waals surface area contributed by atoms with Crippen molar-refractivity contribution in [2.24, 2.45) is 0 Å². The molecule has 1 fully saturated rings. The minimum Gasteiger partial charge on any atom is -0.338 e. The van der Waals surface area contributed by atoms with Crippen LogP contribution in [0.3, 0.4) is 0 Å². The van der Waals surface area contributed by atoms with Gasteiger partial charge in [0, 0.05) is 41.5 Å². The van der Waals surface area contributed by atoms with Crippen molar-refractivity contribution in [1.29, 1.82) is 0 Å². The third-order valence-electron chi connectivity index (χ3n) is 4.37. The number of halogens is 1. The van der Waals surface area contributed by atoms with E-state index in [2.05, 4.69) is 17.2 Å².